The number of rotatable bonds is 13. The molecule has 0 heterocycles. The van der Waals surface area contributed by atoms with Gasteiger partial charge in [-0.15, -0.1) is 0 Å². The molecular formula is C17H36O2S. The van der Waals surface area contributed by atoms with Crippen LogP contribution in [0.4, 0.5) is 0 Å². The van der Waals surface area contributed by atoms with Crippen molar-refractivity contribution in [1.29, 1.82) is 0 Å². The Morgan fingerprint density at radius 2 is 1.30 bits per heavy atom. The first-order valence-corrected chi connectivity index (χ1v) is 8.84. The van der Waals surface area contributed by atoms with Gasteiger partial charge in [-0.2, -0.15) is 12.6 Å². The van der Waals surface area contributed by atoms with Crippen molar-refractivity contribution in [3.63, 3.8) is 0 Å². The van der Waals surface area contributed by atoms with E-state index in [1.807, 2.05) is 0 Å². The van der Waals surface area contributed by atoms with E-state index < -0.39 is 5.79 Å². The molecule has 0 aromatic rings. The lowest BCUT2D eigenvalue weighted by Gasteiger charge is -2.44. The molecule has 0 aliphatic heterocycles. The molecule has 0 radical (unpaired) electrons. The van der Waals surface area contributed by atoms with Gasteiger partial charge in [-0.3, -0.25) is 0 Å². The van der Waals surface area contributed by atoms with Crippen LogP contribution in [0, 0.1) is 5.41 Å². The fourth-order valence-corrected chi connectivity index (χ4v) is 3.08. The average Bonchev–Trinajstić information content (AvgIpc) is 2.47. The summed E-state index contributed by atoms with van der Waals surface area (Å²) in [5.41, 5.74) is 0.0595. The van der Waals surface area contributed by atoms with Crippen molar-refractivity contribution in [2.24, 2.45) is 5.41 Å². The van der Waals surface area contributed by atoms with E-state index in [4.69, 9.17) is 9.47 Å². The first-order chi connectivity index (χ1) is 9.49. The topological polar surface area (TPSA) is 18.5 Å². The van der Waals surface area contributed by atoms with Gasteiger partial charge in [0.25, 0.3) is 0 Å². The predicted molar refractivity (Wildman–Crippen MR) is 91.6 cm³/mol. The standard InChI is InChI=1S/C17H36O2S/c1-6-7-8-9-10-11-13-16(2,14-12-15-20)17(3,18-4)19-5/h20H,6-15H2,1-5H3. The fraction of sp³-hybridized carbons (Fsp3) is 1.00. The lowest BCUT2D eigenvalue weighted by atomic mass is 9.73. The molecule has 122 valence electrons. The molecule has 0 N–H and O–H groups in total. The summed E-state index contributed by atoms with van der Waals surface area (Å²) in [6.45, 7) is 6.63. The van der Waals surface area contributed by atoms with E-state index in [1.165, 1.54) is 38.5 Å². The minimum absolute atomic E-state index is 0.0595. The third-order valence-corrected chi connectivity index (χ3v) is 5.16. The van der Waals surface area contributed by atoms with Crippen molar-refractivity contribution >= 4 is 12.6 Å². The zero-order valence-corrected chi connectivity index (χ0v) is 15.2. The second-order valence-corrected chi connectivity index (χ2v) is 6.71. The summed E-state index contributed by atoms with van der Waals surface area (Å²) in [6, 6.07) is 0. The highest BCUT2D eigenvalue weighted by molar-refractivity contribution is 7.80. The largest absolute Gasteiger partial charge is 0.353 e. The van der Waals surface area contributed by atoms with Crippen LogP contribution < -0.4 is 0 Å². The molecule has 0 aliphatic rings. The Hall–Kier alpha value is 0.270. The number of methoxy groups -OCH3 is 2. The van der Waals surface area contributed by atoms with E-state index in [1.54, 1.807) is 14.2 Å². The van der Waals surface area contributed by atoms with Crippen LogP contribution in [0.1, 0.15) is 78.6 Å². The maximum absolute atomic E-state index is 5.70. The summed E-state index contributed by atoms with van der Waals surface area (Å²) >= 11 is 4.35. The zero-order chi connectivity index (χ0) is 15.5. The molecule has 1 unspecified atom stereocenters. The average molecular weight is 305 g/mol. The van der Waals surface area contributed by atoms with E-state index in [0.717, 1.165) is 25.0 Å². The molecule has 2 nitrogen and oxygen atoms in total. The van der Waals surface area contributed by atoms with Crippen LogP contribution in [-0.4, -0.2) is 25.8 Å². The Kier molecular flexibility index (Phi) is 11.1. The molecule has 0 bridgehead atoms. The summed E-state index contributed by atoms with van der Waals surface area (Å²) in [7, 11) is 3.51. The minimum Gasteiger partial charge on any atom is -0.353 e. The smallest absolute Gasteiger partial charge is 0.170 e. The van der Waals surface area contributed by atoms with E-state index in [9.17, 15) is 0 Å². The van der Waals surface area contributed by atoms with Crippen molar-refractivity contribution in [2.45, 2.75) is 84.3 Å². The number of hydrogen-bond acceptors (Lipinski definition) is 3. The van der Waals surface area contributed by atoms with Gasteiger partial charge >= 0.3 is 0 Å². The number of hydrogen-bond donors (Lipinski definition) is 1. The molecule has 0 aromatic carbocycles. The van der Waals surface area contributed by atoms with Crippen molar-refractivity contribution in [3.05, 3.63) is 0 Å². The fourth-order valence-electron chi connectivity index (χ4n) is 2.92. The van der Waals surface area contributed by atoms with Gasteiger partial charge < -0.3 is 9.47 Å². The number of ether oxygens (including phenoxy) is 2. The highest BCUT2D eigenvalue weighted by Gasteiger charge is 2.44. The Bertz CT molecular complexity index is 229. The molecule has 0 spiro atoms. The summed E-state index contributed by atoms with van der Waals surface area (Å²) in [6.07, 6.45) is 11.3. The molecule has 0 rings (SSSR count). The molecule has 0 saturated heterocycles. The normalized spacial score (nSPS) is 15.3. The van der Waals surface area contributed by atoms with Crippen molar-refractivity contribution in [3.8, 4) is 0 Å². The third kappa shape index (κ3) is 6.36. The quantitative estimate of drug-likeness (QED) is 0.276. The third-order valence-electron chi connectivity index (χ3n) is 4.84. The second kappa shape index (κ2) is 10.9. The maximum atomic E-state index is 5.70. The van der Waals surface area contributed by atoms with Crippen LogP contribution in [-0.2, 0) is 9.47 Å². The Morgan fingerprint density at radius 1 is 0.800 bits per heavy atom. The Labute approximate surface area is 132 Å². The van der Waals surface area contributed by atoms with Gasteiger partial charge in [0.1, 0.15) is 0 Å². The summed E-state index contributed by atoms with van der Waals surface area (Å²) in [5, 5.41) is 0. The van der Waals surface area contributed by atoms with Gasteiger partial charge in [0.15, 0.2) is 5.79 Å². The van der Waals surface area contributed by atoms with Gasteiger partial charge in [0.05, 0.1) is 0 Å². The van der Waals surface area contributed by atoms with Gasteiger partial charge in [-0.25, -0.2) is 0 Å². The Balaban J connectivity index is 4.39. The summed E-state index contributed by atoms with van der Waals surface area (Å²) in [4.78, 5) is 0. The van der Waals surface area contributed by atoms with Crippen molar-refractivity contribution in [2.75, 3.05) is 20.0 Å². The molecule has 0 aromatic heterocycles. The number of unbranched alkanes of at least 4 members (excludes halogenated alkanes) is 5. The van der Waals surface area contributed by atoms with Crippen LogP contribution in [0.2, 0.25) is 0 Å². The first kappa shape index (κ1) is 20.3. The van der Waals surface area contributed by atoms with Crippen LogP contribution in [0.15, 0.2) is 0 Å². The molecule has 20 heavy (non-hydrogen) atoms. The highest BCUT2D eigenvalue weighted by atomic mass is 32.1. The van der Waals surface area contributed by atoms with Crippen molar-refractivity contribution < 1.29 is 9.47 Å². The lowest BCUT2D eigenvalue weighted by Crippen LogP contribution is -2.47. The number of thiol groups is 1. The van der Waals surface area contributed by atoms with E-state index >= 15 is 0 Å². The summed E-state index contributed by atoms with van der Waals surface area (Å²) < 4.78 is 11.4. The summed E-state index contributed by atoms with van der Waals surface area (Å²) in [5.74, 6) is 0.426. The van der Waals surface area contributed by atoms with E-state index in [2.05, 4.69) is 33.4 Å². The molecule has 1 atom stereocenters. The molecular weight excluding hydrogens is 268 g/mol. The molecule has 0 aliphatic carbocycles. The lowest BCUT2D eigenvalue weighted by molar-refractivity contribution is -0.264. The predicted octanol–water partition coefficient (Wildman–Crippen LogP) is 5.46. The van der Waals surface area contributed by atoms with Gasteiger partial charge in [-0.05, 0) is 31.9 Å². The monoisotopic (exact) mass is 304 g/mol. The van der Waals surface area contributed by atoms with Gasteiger partial charge in [0.2, 0.25) is 0 Å². The first-order valence-electron chi connectivity index (χ1n) is 8.21. The van der Waals surface area contributed by atoms with Crippen LogP contribution in [0.5, 0.6) is 0 Å². The van der Waals surface area contributed by atoms with Crippen LogP contribution >= 0.6 is 12.6 Å². The second-order valence-electron chi connectivity index (χ2n) is 6.26. The van der Waals surface area contributed by atoms with E-state index in [-0.39, 0.29) is 5.41 Å². The minimum atomic E-state index is -0.501. The van der Waals surface area contributed by atoms with Crippen molar-refractivity contribution in [1.82, 2.24) is 0 Å². The maximum Gasteiger partial charge on any atom is 0.170 e. The van der Waals surface area contributed by atoms with Crippen LogP contribution in [0.3, 0.4) is 0 Å². The Morgan fingerprint density at radius 3 is 1.80 bits per heavy atom. The van der Waals surface area contributed by atoms with E-state index in [0.29, 0.717) is 0 Å². The zero-order valence-electron chi connectivity index (χ0n) is 14.3. The van der Waals surface area contributed by atoms with Gasteiger partial charge in [-0.1, -0.05) is 52.4 Å². The highest BCUT2D eigenvalue weighted by Crippen LogP contribution is 2.43. The molecule has 0 saturated carbocycles. The molecule has 0 amide bonds. The van der Waals surface area contributed by atoms with Crippen LogP contribution in [0.25, 0.3) is 0 Å². The molecule has 3 heteroatoms. The molecule has 0 fully saturated rings. The SMILES string of the molecule is CCCCCCCCC(C)(CCCS)C(C)(OC)OC. The van der Waals surface area contributed by atoms with Gasteiger partial charge in [0, 0.05) is 19.6 Å².